The molecular formula is C28H23N. The molecule has 0 bridgehead atoms. The summed E-state index contributed by atoms with van der Waals surface area (Å²) in [5, 5.41) is 1.27. The summed E-state index contributed by atoms with van der Waals surface area (Å²) in [6, 6.07) is 39.0. The van der Waals surface area contributed by atoms with Crippen molar-refractivity contribution in [3.05, 3.63) is 132 Å². The maximum absolute atomic E-state index is 3.77. The number of H-pyrrole nitrogens is 1. The molecule has 0 radical (unpaired) electrons. The van der Waals surface area contributed by atoms with E-state index in [1.807, 2.05) is 0 Å². The van der Waals surface area contributed by atoms with Crippen molar-refractivity contribution in [2.24, 2.45) is 0 Å². The van der Waals surface area contributed by atoms with Crippen molar-refractivity contribution >= 4 is 10.9 Å². The van der Waals surface area contributed by atoms with Gasteiger partial charge in [-0.25, -0.2) is 0 Å². The van der Waals surface area contributed by atoms with Gasteiger partial charge in [-0.05, 0) is 29.7 Å². The van der Waals surface area contributed by atoms with Crippen LogP contribution >= 0.6 is 0 Å². The molecular weight excluding hydrogens is 350 g/mol. The normalized spacial score (nSPS) is 12.2. The minimum absolute atomic E-state index is 0.138. The van der Waals surface area contributed by atoms with Gasteiger partial charge in [-0.15, -0.1) is 0 Å². The van der Waals surface area contributed by atoms with Gasteiger partial charge >= 0.3 is 0 Å². The number of nitrogens with one attached hydrogen (secondary N) is 1. The van der Waals surface area contributed by atoms with Crippen LogP contribution in [0.4, 0.5) is 0 Å². The fourth-order valence-corrected chi connectivity index (χ4v) is 4.23. The first-order chi connectivity index (χ1) is 14.3. The zero-order chi connectivity index (χ0) is 19.6. The van der Waals surface area contributed by atoms with E-state index in [1.54, 1.807) is 0 Å². The second-order valence-corrected chi connectivity index (χ2v) is 7.58. The van der Waals surface area contributed by atoms with Gasteiger partial charge in [0.15, 0.2) is 0 Å². The third kappa shape index (κ3) is 3.25. The van der Waals surface area contributed by atoms with E-state index in [0.717, 1.165) is 0 Å². The van der Waals surface area contributed by atoms with Crippen LogP contribution in [0.25, 0.3) is 22.0 Å². The number of fused-ring (bicyclic) bond motifs is 1. The first-order valence-electron chi connectivity index (χ1n) is 10.1. The summed E-state index contributed by atoms with van der Waals surface area (Å²) < 4.78 is 0. The van der Waals surface area contributed by atoms with Crippen LogP contribution in [0.3, 0.4) is 0 Å². The van der Waals surface area contributed by atoms with Crippen LogP contribution in [0, 0.1) is 6.92 Å². The molecule has 4 aromatic carbocycles. The van der Waals surface area contributed by atoms with E-state index < -0.39 is 0 Å². The van der Waals surface area contributed by atoms with E-state index in [4.69, 9.17) is 0 Å². The SMILES string of the molecule is Cc1ccc(C(c2ccccc2)c2[nH]c3ccccc3c2-c2ccccc2)cc1. The first-order valence-corrected chi connectivity index (χ1v) is 10.1. The largest absolute Gasteiger partial charge is 0.357 e. The Morgan fingerprint density at radius 3 is 1.90 bits per heavy atom. The molecule has 0 aliphatic heterocycles. The highest BCUT2D eigenvalue weighted by Crippen LogP contribution is 2.41. The average molecular weight is 373 g/mol. The second-order valence-electron chi connectivity index (χ2n) is 7.58. The van der Waals surface area contributed by atoms with Crippen LogP contribution in [0.1, 0.15) is 28.3 Å². The average Bonchev–Trinajstić information content (AvgIpc) is 3.15. The van der Waals surface area contributed by atoms with Crippen LogP contribution < -0.4 is 0 Å². The zero-order valence-corrected chi connectivity index (χ0v) is 16.5. The van der Waals surface area contributed by atoms with E-state index in [9.17, 15) is 0 Å². The van der Waals surface area contributed by atoms with Crippen LogP contribution in [-0.2, 0) is 0 Å². The Kier molecular flexibility index (Phi) is 4.50. The predicted molar refractivity (Wildman–Crippen MR) is 122 cm³/mol. The molecule has 0 aliphatic carbocycles. The number of aryl methyl sites for hydroxylation is 1. The minimum atomic E-state index is 0.138. The Balaban J connectivity index is 1.82. The number of rotatable bonds is 4. The molecule has 1 aromatic heterocycles. The van der Waals surface area contributed by atoms with E-state index in [1.165, 1.54) is 44.4 Å². The molecule has 0 saturated heterocycles. The monoisotopic (exact) mass is 373 g/mol. The van der Waals surface area contributed by atoms with E-state index in [2.05, 4.69) is 121 Å². The highest BCUT2D eigenvalue weighted by molar-refractivity contribution is 5.98. The number of aromatic amines is 1. The van der Waals surface area contributed by atoms with Crippen molar-refractivity contribution in [1.82, 2.24) is 4.98 Å². The summed E-state index contributed by atoms with van der Waals surface area (Å²) >= 11 is 0. The molecule has 0 amide bonds. The summed E-state index contributed by atoms with van der Waals surface area (Å²) in [5.74, 6) is 0.138. The number of hydrogen-bond acceptors (Lipinski definition) is 0. The summed E-state index contributed by atoms with van der Waals surface area (Å²) in [5.41, 5.74) is 8.82. The van der Waals surface area contributed by atoms with Crippen LogP contribution in [0.2, 0.25) is 0 Å². The molecule has 1 heterocycles. The van der Waals surface area contributed by atoms with E-state index in [-0.39, 0.29) is 5.92 Å². The molecule has 1 unspecified atom stereocenters. The van der Waals surface area contributed by atoms with Gasteiger partial charge in [0, 0.05) is 28.1 Å². The van der Waals surface area contributed by atoms with Crippen molar-refractivity contribution in [2.75, 3.05) is 0 Å². The Morgan fingerprint density at radius 1 is 0.586 bits per heavy atom. The molecule has 29 heavy (non-hydrogen) atoms. The van der Waals surface area contributed by atoms with Crippen molar-refractivity contribution in [1.29, 1.82) is 0 Å². The Bertz CT molecular complexity index is 1230. The van der Waals surface area contributed by atoms with Gasteiger partial charge in [-0.3, -0.25) is 0 Å². The minimum Gasteiger partial charge on any atom is -0.357 e. The van der Waals surface area contributed by atoms with Crippen molar-refractivity contribution in [3.63, 3.8) is 0 Å². The lowest BCUT2D eigenvalue weighted by atomic mass is 9.85. The standard InChI is InChI=1S/C28H23N/c1-20-16-18-23(19-17-20)26(21-10-4-2-5-11-21)28-27(22-12-6-3-7-13-22)24-14-8-9-15-25(24)29-28/h2-19,26,29H,1H3. The van der Waals surface area contributed by atoms with E-state index >= 15 is 0 Å². The van der Waals surface area contributed by atoms with E-state index in [0.29, 0.717) is 0 Å². The fraction of sp³-hybridized carbons (Fsp3) is 0.0714. The molecule has 5 aromatic rings. The molecule has 5 rings (SSSR count). The summed E-state index contributed by atoms with van der Waals surface area (Å²) in [4.78, 5) is 3.77. The number of para-hydroxylation sites is 1. The molecule has 1 nitrogen and oxygen atoms in total. The Labute approximate surface area is 171 Å². The first kappa shape index (κ1) is 17.5. The zero-order valence-electron chi connectivity index (χ0n) is 16.5. The third-order valence-electron chi connectivity index (χ3n) is 5.63. The summed E-state index contributed by atoms with van der Waals surface area (Å²) in [6.07, 6.45) is 0. The molecule has 0 saturated carbocycles. The number of benzene rings is 4. The Morgan fingerprint density at radius 2 is 1.17 bits per heavy atom. The van der Waals surface area contributed by atoms with Crippen molar-refractivity contribution in [2.45, 2.75) is 12.8 Å². The van der Waals surface area contributed by atoms with Gasteiger partial charge < -0.3 is 4.98 Å². The molecule has 0 aliphatic rings. The molecule has 0 spiro atoms. The lowest BCUT2D eigenvalue weighted by molar-refractivity contribution is 0.940. The quantitative estimate of drug-likeness (QED) is 0.339. The molecule has 0 fully saturated rings. The Hall–Kier alpha value is -3.58. The van der Waals surface area contributed by atoms with Crippen molar-refractivity contribution < 1.29 is 0 Å². The van der Waals surface area contributed by atoms with Gasteiger partial charge in [0.05, 0.1) is 0 Å². The van der Waals surface area contributed by atoms with Crippen molar-refractivity contribution in [3.8, 4) is 11.1 Å². The number of aromatic nitrogens is 1. The number of hydrogen-bond donors (Lipinski definition) is 1. The highest BCUT2D eigenvalue weighted by atomic mass is 14.7. The van der Waals surface area contributed by atoms with Gasteiger partial charge in [-0.1, -0.05) is 109 Å². The topological polar surface area (TPSA) is 15.8 Å². The van der Waals surface area contributed by atoms with Gasteiger partial charge in [0.2, 0.25) is 0 Å². The van der Waals surface area contributed by atoms with Gasteiger partial charge in [0.25, 0.3) is 0 Å². The van der Waals surface area contributed by atoms with Crippen LogP contribution in [-0.4, -0.2) is 4.98 Å². The lowest BCUT2D eigenvalue weighted by Crippen LogP contribution is -2.05. The highest BCUT2D eigenvalue weighted by Gasteiger charge is 2.24. The predicted octanol–water partition coefficient (Wildman–Crippen LogP) is 7.32. The fourth-order valence-electron chi connectivity index (χ4n) is 4.23. The van der Waals surface area contributed by atoms with Gasteiger partial charge in [0.1, 0.15) is 0 Å². The summed E-state index contributed by atoms with van der Waals surface area (Å²) in [6.45, 7) is 2.14. The van der Waals surface area contributed by atoms with Crippen LogP contribution in [0.5, 0.6) is 0 Å². The van der Waals surface area contributed by atoms with Gasteiger partial charge in [-0.2, -0.15) is 0 Å². The molecule has 140 valence electrons. The smallest absolute Gasteiger partial charge is 0.0497 e. The maximum Gasteiger partial charge on any atom is 0.0497 e. The molecule has 1 heteroatoms. The summed E-state index contributed by atoms with van der Waals surface area (Å²) in [7, 11) is 0. The maximum atomic E-state index is 3.77. The lowest BCUT2D eigenvalue weighted by Gasteiger charge is -2.20. The molecule has 1 N–H and O–H groups in total. The third-order valence-corrected chi connectivity index (χ3v) is 5.63. The molecule has 1 atom stereocenters. The second kappa shape index (κ2) is 7.44. The van der Waals surface area contributed by atoms with Crippen LogP contribution in [0.15, 0.2) is 109 Å².